The number of hydrogen-bond acceptors (Lipinski definition) is 3. The fourth-order valence-electron chi connectivity index (χ4n) is 2.01. The number of hydrogen-bond donors (Lipinski definition) is 1. The van der Waals surface area contributed by atoms with E-state index in [1.54, 1.807) is 0 Å². The quantitative estimate of drug-likeness (QED) is 0.834. The highest BCUT2D eigenvalue weighted by Gasteiger charge is 2.27. The van der Waals surface area contributed by atoms with Crippen molar-refractivity contribution in [3.8, 4) is 6.07 Å². The summed E-state index contributed by atoms with van der Waals surface area (Å²) in [6.07, 6.45) is 4.56. The zero-order valence-electron chi connectivity index (χ0n) is 10.7. The van der Waals surface area contributed by atoms with Gasteiger partial charge in [-0.15, -0.1) is 0 Å². The second-order valence-corrected chi connectivity index (χ2v) is 6.18. The number of aromatic nitrogens is 2. The molecule has 1 N–H and O–H groups in total. The first kappa shape index (κ1) is 14.5. The van der Waals surface area contributed by atoms with Crippen LogP contribution in [0.1, 0.15) is 40.2 Å². The summed E-state index contributed by atoms with van der Waals surface area (Å²) in [5.41, 5.74) is -0.509. The van der Waals surface area contributed by atoms with Gasteiger partial charge in [-0.05, 0) is 50.3 Å². The Balaban J connectivity index is 2.72. The molecule has 0 saturated heterocycles. The molecule has 0 aliphatic carbocycles. The fourth-order valence-corrected chi connectivity index (χ4v) is 2.42. The Morgan fingerprint density at radius 3 is 2.65 bits per heavy atom. The van der Waals surface area contributed by atoms with Gasteiger partial charge in [0.2, 0.25) is 0 Å². The number of nitriles is 1. The first-order chi connectivity index (χ1) is 7.86. The Morgan fingerprint density at radius 2 is 2.24 bits per heavy atom. The predicted molar refractivity (Wildman–Crippen MR) is 76.6 cm³/mol. The maximum absolute atomic E-state index is 9.29. The minimum absolute atomic E-state index is 0.203. The first-order valence-corrected chi connectivity index (χ1v) is 6.83. The van der Waals surface area contributed by atoms with Crippen molar-refractivity contribution >= 4 is 22.6 Å². The number of rotatable bonds is 5. The standard InChI is InChI=1S/C12H19IN4/c1-9(2)16-12(4,8-14)5-10(3)17-7-11(13)6-15-17/h6-7,9-10,16H,5H2,1-4H3. The van der Waals surface area contributed by atoms with Crippen LogP contribution < -0.4 is 5.32 Å². The van der Waals surface area contributed by atoms with Gasteiger partial charge in [-0.3, -0.25) is 10.00 Å². The predicted octanol–water partition coefficient (Wildman–Crippen LogP) is 2.72. The third-order valence-corrected chi connectivity index (χ3v) is 3.14. The van der Waals surface area contributed by atoms with Crippen molar-refractivity contribution in [1.29, 1.82) is 5.26 Å². The van der Waals surface area contributed by atoms with Crippen molar-refractivity contribution in [2.24, 2.45) is 0 Å². The van der Waals surface area contributed by atoms with Gasteiger partial charge in [0.15, 0.2) is 0 Å². The molecule has 4 nitrogen and oxygen atoms in total. The minimum atomic E-state index is -0.509. The topological polar surface area (TPSA) is 53.6 Å². The molecule has 5 heteroatoms. The molecule has 0 bridgehead atoms. The molecule has 0 fully saturated rings. The van der Waals surface area contributed by atoms with Crippen LogP contribution in [0.2, 0.25) is 0 Å². The van der Waals surface area contributed by atoms with Crippen LogP contribution in [-0.4, -0.2) is 21.4 Å². The van der Waals surface area contributed by atoms with Crippen LogP contribution in [0.25, 0.3) is 0 Å². The first-order valence-electron chi connectivity index (χ1n) is 5.75. The van der Waals surface area contributed by atoms with E-state index in [1.165, 1.54) is 0 Å². The summed E-state index contributed by atoms with van der Waals surface area (Å²) in [5, 5.41) is 16.9. The van der Waals surface area contributed by atoms with Crippen LogP contribution in [0.15, 0.2) is 12.4 Å². The second-order valence-electron chi connectivity index (χ2n) is 4.93. The van der Waals surface area contributed by atoms with E-state index in [-0.39, 0.29) is 6.04 Å². The number of nitrogens with one attached hydrogen (secondary N) is 1. The highest BCUT2D eigenvalue weighted by Crippen LogP contribution is 2.21. The third kappa shape index (κ3) is 4.28. The van der Waals surface area contributed by atoms with Crippen LogP contribution in [0.3, 0.4) is 0 Å². The van der Waals surface area contributed by atoms with Gasteiger partial charge in [0.25, 0.3) is 0 Å². The molecule has 17 heavy (non-hydrogen) atoms. The Bertz CT molecular complexity index is 407. The number of halogens is 1. The van der Waals surface area contributed by atoms with Gasteiger partial charge in [-0.25, -0.2) is 0 Å². The van der Waals surface area contributed by atoms with E-state index < -0.39 is 5.54 Å². The Labute approximate surface area is 117 Å². The zero-order chi connectivity index (χ0) is 13.1. The van der Waals surface area contributed by atoms with E-state index in [0.717, 1.165) is 9.99 Å². The third-order valence-electron chi connectivity index (χ3n) is 2.58. The summed E-state index contributed by atoms with van der Waals surface area (Å²) in [4.78, 5) is 0. The van der Waals surface area contributed by atoms with Crippen LogP contribution in [-0.2, 0) is 0 Å². The molecule has 2 atom stereocenters. The summed E-state index contributed by atoms with van der Waals surface area (Å²) in [7, 11) is 0. The van der Waals surface area contributed by atoms with Crippen LogP contribution in [0.4, 0.5) is 0 Å². The van der Waals surface area contributed by atoms with Crippen molar-refractivity contribution in [2.45, 2.75) is 51.7 Å². The van der Waals surface area contributed by atoms with Crippen LogP contribution >= 0.6 is 22.6 Å². The van der Waals surface area contributed by atoms with Crippen molar-refractivity contribution < 1.29 is 0 Å². The lowest BCUT2D eigenvalue weighted by atomic mass is 9.94. The van der Waals surface area contributed by atoms with Gasteiger partial charge in [0.05, 0.1) is 21.9 Å². The SMILES string of the molecule is CC(C)NC(C)(C#N)CC(C)n1cc(I)cn1. The molecule has 0 aliphatic rings. The van der Waals surface area contributed by atoms with Crippen molar-refractivity contribution in [3.63, 3.8) is 0 Å². The lowest BCUT2D eigenvalue weighted by Gasteiger charge is -2.28. The molecular weight excluding hydrogens is 327 g/mol. The Hall–Kier alpha value is -0.610. The highest BCUT2D eigenvalue weighted by molar-refractivity contribution is 14.1. The van der Waals surface area contributed by atoms with Gasteiger partial charge in [-0.1, -0.05) is 0 Å². The number of nitrogens with zero attached hydrogens (tertiary/aromatic N) is 3. The van der Waals surface area contributed by atoms with E-state index in [1.807, 2.05) is 24.0 Å². The van der Waals surface area contributed by atoms with E-state index >= 15 is 0 Å². The van der Waals surface area contributed by atoms with Gasteiger partial charge in [-0.2, -0.15) is 10.4 Å². The van der Waals surface area contributed by atoms with Crippen LogP contribution in [0.5, 0.6) is 0 Å². The molecule has 0 saturated carbocycles. The van der Waals surface area contributed by atoms with E-state index in [9.17, 15) is 5.26 Å². The second kappa shape index (κ2) is 5.83. The van der Waals surface area contributed by atoms with Crippen LogP contribution in [0, 0.1) is 14.9 Å². The van der Waals surface area contributed by atoms with Gasteiger partial charge in [0.1, 0.15) is 5.54 Å². The molecule has 94 valence electrons. The smallest absolute Gasteiger partial charge is 0.106 e. The molecule has 0 aliphatic heterocycles. The molecule has 0 radical (unpaired) electrons. The largest absolute Gasteiger partial charge is 0.297 e. The molecule has 1 rings (SSSR count). The average molecular weight is 346 g/mol. The molecule has 2 unspecified atom stereocenters. The lowest BCUT2D eigenvalue weighted by Crippen LogP contribution is -2.46. The monoisotopic (exact) mass is 346 g/mol. The molecule has 0 spiro atoms. The average Bonchev–Trinajstić information content (AvgIpc) is 2.63. The highest BCUT2D eigenvalue weighted by atomic mass is 127. The molecule has 0 aromatic carbocycles. The summed E-state index contributed by atoms with van der Waals surface area (Å²) in [6, 6.07) is 2.86. The maximum atomic E-state index is 9.29. The Morgan fingerprint density at radius 1 is 1.59 bits per heavy atom. The van der Waals surface area contributed by atoms with E-state index in [4.69, 9.17) is 0 Å². The summed E-state index contributed by atoms with van der Waals surface area (Å²) < 4.78 is 3.03. The molecule has 1 aromatic heterocycles. The molecule has 0 amide bonds. The molecule has 1 heterocycles. The van der Waals surface area contributed by atoms with E-state index in [0.29, 0.717) is 6.04 Å². The maximum Gasteiger partial charge on any atom is 0.106 e. The summed E-state index contributed by atoms with van der Waals surface area (Å²) in [5.74, 6) is 0. The van der Waals surface area contributed by atoms with Crippen molar-refractivity contribution in [2.75, 3.05) is 0 Å². The normalized spacial score (nSPS) is 16.5. The molecule has 1 aromatic rings. The fraction of sp³-hybridized carbons (Fsp3) is 0.667. The van der Waals surface area contributed by atoms with Crippen molar-refractivity contribution in [1.82, 2.24) is 15.1 Å². The van der Waals surface area contributed by atoms with Gasteiger partial charge < -0.3 is 0 Å². The van der Waals surface area contributed by atoms with Gasteiger partial charge in [0, 0.05) is 18.7 Å². The zero-order valence-corrected chi connectivity index (χ0v) is 12.9. The Kier molecular flexibility index (Phi) is 4.95. The summed E-state index contributed by atoms with van der Waals surface area (Å²) >= 11 is 2.24. The lowest BCUT2D eigenvalue weighted by molar-refractivity contribution is 0.314. The summed E-state index contributed by atoms with van der Waals surface area (Å²) in [6.45, 7) is 8.13. The van der Waals surface area contributed by atoms with Crippen molar-refractivity contribution in [3.05, 3.63) is 16.0 Å². The van der Waals surface area contributed by atoms with Gasteiger partial charge >= 0.3 is 0 Å². The minimum Gasteiger partial charge on any atom is -0.297 e. The molecular formula is C12H19IN4. The van der Waals surface area contributed by atoms with E-state index in [2.05, 4.69) is 59.8 Å².